The highest BCUT2D eigenvalue weighted by atomic mass is 16.6. The number of nitrogens with one attached hydrogen (secondary N) is 2. The fraction of sp³-hybridized carbons (Fsp3) is 0.526. The molecule has 1 aliphatic carbocycles. The number of benzene rings is 1. The molecule has 0 aliphatic heterocycles. The van der Waals surface area contributed by atoms with Gasteiger partial charge in [0.25, 0.3) is 0 Å². The van der Waals surface area contributed by atoms with Gasteiger partial charge in [0.1, 0.15) is 5.60 Å². The Morgan fingerprint density at radius 1 is 1.13 bits per heavy atom. The second kappa shape index (κ2) is 8.16. The maximum absolute atomic E-state index is 11.8. The number of carbonyl (C=O) groups excluding carboxylic acids is 1. The summed E-state index contributed by atoms with van der Waals surface area (Å²) in [5.41, 5.74) is 0.826. The summed E-state index contributed by atoms with van der Waals surface area (Å²) in [5.74, 6) is 0. The molecule has 0 radical (unpaired) electrons. The van der Waals surface area contributed by atoms with Gasteiger partial charge in [0.15, 0.2) is 0 Å². The molecule has 0 aromatic heterocycles. The van der Waals surface area contributed by atoms with E-state index in [1.54, 1.807) is 0 Å². The molecule has 0 heterocycles. The standard InChI is InChI=1S/C19H28N2O2/c1-19(2,3)23-18(22)21-17-11-7-10-16(12-13-17)20-14-15-8-5-4-6-9-15/h4-6,8-9,12-13,16-17,20H,7,10-11,14H2,1-3H3,(H,21,22)/t16-,17+/m1/s1. The van der Waals surface area contributed by atoms with Crippen LogP contribution >= 0.6 is 0 Å². The zero-order valence-corrected chi connectivity index (χ0v) is 14.3. The van der Waals surface area contributed by atoms with Gasteiger partial charge in [-0.1, -0.05) is 42.5 Å². The number of amides is 1. The molecule has 23 heavy (non-hydrogen) atoms. The Morgan fingerprint density at radius 3 is 2.48 bits per heavy atom. The lowest BCUT2D eigenvalue weighted by atomic mass is 10.1. The summed E-state index contributed by atoms with van der Waals surface area (Å²) in [6.45, 7) is 6.48. The van der Waals surface area contributed by atoms with Crippen LogP contribution in [0.3, 0.4) is 0 Å². The lowest BCUT2D eigenvalue weighted by Crippen LogP contribution is -2.38. The van der Waals surface area contributed by atoms with Crippen LogP contribution in [0.1, 0.15) is 45.6 Å². The van der Waals surface area contributed by atoms with Gasteiger partial charge >= 0.3 is 6.09 Å². The highest BCUT2D eigenvalue weighted by Gasteiger charge is 2.20. The lowest BCUT2D eigenvalue weighted by molar-refractivity contribution is 0.0512. The van der Waals surface area contributed by atoms with Crippen molar-refractivity contribution in [1.29, 1.82) is 0 Å². The first-order valence-electron chi connectivity index (χ1n) is 8.37. The van der Waals surface area contributed by atoms with Crippen LogP contribution < -0.4 is 10.6 Å². The number of rotatable bonds is 4. The van der Waals surface area contributed by atoms with Gasteiger partial charge in [-0.25, -0.2) is 4.79 Å². The summed E-state index contributed by atoms with van der Waals surface area (Å²) in [4.78, 5) is 11.8. The zero-order chi connectivity index (χ0) is 16.7. The van der Waals surface area contributed by atoms with Crippen molar-refractivity contribution in [3.63, 3.8) is 0 Å². The first-order chi connectivity index (χ1) is 10.9. The number of hydrogen-bond acceptors (Lipinski definition) is 3. The van der Waals surface area contributed by atoms with E-state index in [2.05, 4.69) is 47.1 Å². The fourth-order valence-corrected chi connectivity index (χ4v) is 2.61. The molecule has 1 aromatic carbocycles. The summed E-state index contributed by atoms with van der Waals surface area (Å²) < 4.78 is 5.31. The van der Waals surface area contributed by atoms with Crippen LogP contribution in [0.4, 0.5) is 4.79 Å². The maximum atomic E-state index is 11.8. The Bertz CT molecular complexity index is 520. The topological polar surface area (TPSA) is 50.4 Å². The van der Waals surface area contributed by atoms with Crippen molar-refractivity contribution in [3.05, 3.63) is 48.0 Å². The third-order valence-electron chi connectivity index (χ3n) is 3.72. The zero-order valence-electron chi connectivity index (χ0n) is 14.3. The fourth-order valence-electron chi connectivity index (χ4n) is 2.61. The molecule has 2 atom stereocenters. The van der Waals surface area contributed by atoms with Crippen LogP contribution in [0.25, 0.3) is 0 Å². The third kappa shape index (κ3) is 6.87. The summed E-state index contributed by atoms with van der Waals surface area (Å²) in [6.07, 6.45) is 7.00. The van der Waals surface area contributed by atoms with Crippen molar-refractivity contribution in [3.8, 4) is 0 Å². The van der Waals surface area contributed by atoms with Gasteiger partial charge in [-0.05, 0) is 45.6 Å². The minimum absolute atomic E-state index is 0.0494. The predicted molar refractivity (Wildman–Crippen MR) is 93.2 cm³/mol. The van der Waals surface area contributed by atoms with Gasteiger partial charge in [0.2, 0.25) is 0 Å². The Hall–Kier alpha value is -1.81. The molecular formula is C19H28N2O2. The smallest absolute Gasteiger partial charge is 0.408 e. The molecule has 1 amide bonds. The van der Waals surface area contributed by atoms with Crippen molar-refractivity contribution in [2.75, 3.05) is 0 Å². The average Bonchev–Trinajstić information content (AvgIpc) is 2.69. The first-order valence-corrected chi connectivity index (χ1v) is 8.37. The summed E-state index contributed by atoms with van der Waals surface area (Å²) in [6, 6.07) is 10.8. The van der Waals surface area contributed by atoms with Gasteiger partial charge in [-0.3, -0.25) is 0 Å². The van der Waals surface area contributed by atoms with E-state index in [0.717, 1.165) is 25.8 Å². The molecule has 2 rings (SSSR count). The van der Waals surface area contributed by atoms with Crippen LogP contribution in [0, 0.1) is 0 Å². The van der Waals surface area contributed by atoms with Crippen LogP contribution in [-0.4, -0.2) is 23.8 Å². The number of hydrogen-bond donors (Lipinski definition) is 2. The van der Waals surface area contributed by atoms with Gasteiger partial charge in [0.05, 0.1) is 6.04 Å². The van der Waals surface area contributed by atoms with Crippen molar-refractivity contribution < 1.29 is 9.53 Å². The van der Waals surface area contributed by atoms with E-state index in [-0.39, 0.29) is 12.1 Å². The van der Waals surface area contributed by atoms with Crippen molar-refractivity contribution in [1.82, 2.24) is 10.6 Å². The molecule has 0 spiro atoms. The van der Waals surface area contributed by atoms with Crippen molar-refractivity contribution >= 4 is 6.09 Å². The van der Waals surface area contributed by atoms with Crippen LogP contribution in [-0.2, 0) is 11.3 Å². The summed E-state index contributed by atoms with van der Waals surface area (Å²) >= 11 is 0. The van der Waals surface area contributed by atoms with E-state index < -0.39 is 5.60 Å². The maximum Gasteiger partial charge on any atom is 0.408 e. The Labute approximate surface area is 139 Å². The largest absolute Gasteiger partial charge is 0.444 e. The molecule has 126 valence electrons. The number of carbonyl (C=O) groups is 1. The van der Waals surface area contributed by atoms with Gasteiger partial charge in [0, 0.05) is 12.6 Å². The highest BCUT2D eigenvalue weighted by Crippen LogP contribution is 2.14. The van der Waals surface area contributed by atoms with Gasteiger partial charge in [-0.15, -0.1) is 0 Å². The van der Waals surface area contributed by atoms with E-state index >= 15 is 0 Å². The molecule has 1 aliphatic rings. The minimum Gasteiger partial charge on any atom is -0.444 e. The van der Waals surface area contributed by atoms with Crippen molar-refractivity contribution in [2.24, 2.45) is 0 Å². The molecule has 0 bridgehead atoms. The molecule has 0 fully saturated rings. The Kier molecular flexibility index (Phi) is 6.22. The van der Waals surface area contributed by atoms with Gasteiger partial charge < -0.3 is 15.4 Å². The van der Waals surface area contributed by atoms with E-state index in [9.17, 15) is 4.79 Å². The van der Waals surface area contributed by atoms with E-state index in [0.29, 0.717) is 6.04 Å². The SMILES string of the molecule is CC(C)(C)OC(=O)N[C@@H]1C=C[C@H](NCc2ccccc2)CCC1. The summed E-state index contributed by atoms with van der Waals surface area (Å²) in [7, 11) is 0. The lowest BCUT2D eigenvalue weighted by Gasteiger charge is -2.21. The molecule has 0 saturated heterocycles. The first kappa shape index (κ1) is 17.5. The monoisotopic (exact) mass is 316 g/mol. The highest BCUT2D eigenvalue weighted by molar-refractivity contribution is 5.68. The van der Waals surface area contributed by atoms with E-state index in [1.165, 1.54) is 5.56 Å². The average molecular weight is 316 g/mol. The molecule has 0 saturated carbocycles. The van der Waals surface area contributed by atoms with Crippen LogP contribution in [0.2, 0.25) is 0 Å². The number of ether oxygens (including phenoxy) is 1. The molecule has 0 unspecified atom stereocenters. The molecule has 2 N–H and O–H groups in total. The molecular weight excluding hydrogens is 288 g/mol. The van der Waals surface area contributed by atoms with Crippen LogP contribution in [0.15, 0.2) is 42.5 Å². The van der Waals surface area contributed by atoms with Crippen molar-refractivity contribution in [2.45, 2.75) is 64.3 Å². The summed E-state index contributed by atoms with van der Waals surface area (Å²) in [5, 5.41) is 6.49. The van der Waals surface area contributed by atoms with Crippen LogP contribution in [0.5, 0.6) is 0 Å². The molecule has 4 heteroatoms. The predicted octanol–water partition coefficient (Wildman–Crippen LogP) is 3.78. The normalized spacial score (nSPS) is 21.5. The Balaban J connectivity index is 1.80. The van der Waals surface area contributed by atoms with E-state index in [4.69, 9.17) is 4.74 Å². The molecule has 1 aromatic rings. The number of alkyl carbamates (subject to hydrolysis) is 1. The third-order valence-corrected chi connectivity index (χ3v) is 3.72. The van der Waals surface area contributed by atoms with E-state index in [1.807, 2.05) is 26.8 Å². The Morgan fingerprint density at radius 2 is 1.78 bits per heavy atom. The quantitative estimate of drug-likeness (QED) is 0.831. The minimum atomic E-state index is -0.460. The second-order valence-corrected chi connectivity index (χ2v) is 7.04. The van der Waals surface area contributed by atoms with Gasteiger partial charge in [-0.2, -0.15) is 0 Å². The second-order valence-electron chi connectivity index (χ2n) is 7.04. The molecule has 4 nitrogen and oxygen atoms in total.